The number of aromatic nitrogens is 1. The number of pyridine rings is 1. The Balaban J connectivity index is 1.63. The summed E-state index contributed by atoms with van der Waals surface area (Å²) in [7, 11) is 0. The third-order valence-corrected chi connectivity index (χ3v) is 7.35. The lowest BCUT2D eigenvalue weighted by atomic mass is 9.85. The number of amides is 1. The first-order valence-corrected chi connectivity index (χ1v) is 13.5. The molecule has 0 atom stereocenters. The van der Waals surface area contributed by atoms with Crippen LogP contribution in [-0.4, -0.2) is 23.1 Å². The first-order valence-electron chi connectivity index (χ1n) is 13.5. The summed E-state index contributed by atoms with van der Waals surface area (Å²) in [6, 6.07) is 6.52. The Morgan fingerprint density at radius 3 is 2.57 bits per heavy atom. The third-order valence-electron chi connectivity index (χ3n) is 7.35. The van der Waals surface area contributed by atoms with E-state index in [1.54, 1.807) is 12.1 Å². The molecule has 0 unspecified atom stereocenters. The van der Waals surface area contributed by atoms with Gasteiger partial charge in [0.05, 0.1) is 12.1 Å². The van der Waals surface area contributed by atoms with Gasteiger partial charge in [-0.3, -0.25) is 9.69 Å². The van der Waals surface area contributed by atoms with E-state index in [-0.39, 0.29) is 17.7 Å². The number of benzene rings is 1. The number of hydrogen-bond acceptors (Lipinski definition) is 4. The molecule has 1 aromatic carbocycles. The van der Waals surface area contributed by atoms with Gasteiger partial charge in [0, 0.05) is 29.9 Å². The quantitative estimate of drug-likeness (QED) is 0.304. The Morgan fingerprint density at radius 1 is 1.14 bits per heavy atom. The molecule has 2 heterocycles. The first kappa shape index (κ1) is 27.3. The molecule has 4 rings (SSSR count). The number of aryl methyl sites for hydroxylation is 1. The highest BCUT2D eigenvalue weighted by Gasteiger charge is 2.41. The van der Waals surface area contributed by atoms with Gasteiger partial charge in [-0.2, -0.15) is 13.2 Å². The van der Waals surface area contributed by atoms with Gasteiger partial charge < -0.3 is 10.7 Å². The smallest absolute Gasteiger partial charge is 0.312 e. The summed E-state index contributed by atoms with van der Waals surface area (Å²) >= 11 is 0. The summed E-state index contributed by atoms with van der Waals surface area (Å²) in [5.41, 5.74) is 2.12. The summed E-state index contributed by atoms with van der Waals surface area (Å²) in [5, 5.41) is 11.5. The molecule has 0 radical (unpaired) electrons. The van der Waals surface area contributed by atoms with Crippen LogP contribution in [0.5, 0.6) is 0 Å². The van der Waals surface area contributed by atoms with Gasteiger partial charge in [0.1, 0.15) is 5.82 Å². The van der Waals surface area contributed by atoms with E-state index in [2.05, 4.69) is 17.2 Å². The van der Waals surface area contributed by atoms with Crippen molar-refractivity contribution in [2.75, 3.05) is 11.4 Å². The number of fused-ring (bicyclic) bond motifs is 1. The van der Waals surface area contributed by atoms with E-state index in [1.165, 1.54) is 17.4 Å². The maximum atomic E-state index is 14.1. The Morgan fingerprint density at radius 2 is 1.92 bits per heavy atom. The molecule has 37 heavy (non-hydrogen) atoms. The fourth-order valence-corrected chi connectivity index (χ4v) is 5.12. The summed E-state index contributed by atoms with van der Waals surface area (Å²) < 4.78 is 42.3. The second-order valence-electron chi connectivity index (χ2n) is 10.4. The second kappa shape index (κ2) is 11.8. The minimum absolute atomic E-state index is 0.0151. The molecule has 1 aliphatic heterocycles. The minimum atomic E-state index is -4.55. The van der Waals surface area contributed by atoms with E-state index >= 15 is 0 Å². The lowest BCUT2D eigenvalue weighted by molar-refractivity contribution is -0.138. The Labute approximate surface area is 217 Å². The zero-order valence-electron chi connectivity index (χ0n) is 21.8. The van der Waals surface area contributed by atoms with Gasteiger partial charge in [0.15, 0.2) is 0 Å². The van der Waals surface area contributed by atoms with Crippen molar-refractivity contribution in [2.45, 2.75) is 90.9 Å². The van der Waals surface area contributed by atoms with Crippen LogP contribution < -0.4 is 10.2 Å². The highest BCUT2D eigenvalue weighted by Crippen LogP contribution is 2.39. The number of hydrogen-bond donors (Lipinski definition) is 2. The number of halogens is 3. The molecule has 1 amide bonds. The summed E-state index contributed by atoms with van der Waals surface area (Å²) in [6.07, 6.45) is 3.59. The van der Waals surface area contributed by atoms with Gasteiger partial charge in [0.25, 0.3) is 5.91 Å². The van der Waals surface area contributed by atoms with Gasteiger partial charge in [-0.15, -0.1) is 0 Å². The normalized spacial score (nSPS) is 15.7. The fourth-order valence-electron chi connectivity index (χ4n) is 5.12. The standard InChI is InChI=1S/C29H37F3N4O/c1-3-5-10-23-12-20(11-22(33)7-4-2)15-27(35-23)36-18-25-24(28(36)37)13-21(14-26(25)29(30,31)32)17-34-16-19-8-6-9-19/h12-15,19,33-34H,3-11,16-18H2,1-2H3. The number of anilines is 1. The molecule has 5 nitrogen and oxygen atoms in total. The van der Waals surface area contributed by atoms with E-state index < -0.39 is 17.6 Å². The number of unbranched alkanes of at least 4 members (excludes halogenated alkanes) is 1. The lowest BCUT2D eigenvalue weighted by Crippen LogP contribution is -2.27. The molecular formula is C29H37F3N4O. The monoisotopic (exact) mass is 514 g/mol. The molecule has 1 saturated carbocycles. The number of carbonyl (C=O) groups excluding carboxylic acids is 1. The second-order valence-corrected chi connectivity index (χ2v) is 10.4. The van der Waals surface area contributed by atoms with E-state index in [1.807, 2.05) is 13.0 Å². The zero-order chi connectivity index (χ0) is 26.6. The Hall–Kier alpha value is -2.74. The van der Waals surface area contributed by atoms with Crippen molar-refractivity contribution in [1.29, 1.82) is 5.41 Å². The Bertz CT molecular complexity index is 1140. The van der Waals surface area contributed by atoms with Crippen LogP contribution in [0.15, 0.2) is 24.3 Å². The summed E-state index contributed by atoms with van der Waals surface area (Å²) in [5.74, 6) is 0.510. The maximum Gasteiger partial charge on any atom is 0.416 e. The Kier molecular flexibility index (Phi) is 8.67. The van der Waals surface area contributed by atoms with Gasteiger partial charge >= 0.3 is 6.18 Å². The lowest BCUT2D eigenvalue weighted by Gasteiger charge is -2.25. The topological polar surface area (TPSA) is 69.1 Å². The van der Waals surface area contributed by atoms with Gasteiger partial charge in [-0.05, 0) is 85.5 Å². The number of nitrogens with zero attached hydrogens (tertiary/aromatic N) is 2. The summed E-state index contributed by atoms with van der Waals surface area (Å²) in [4.78, 5) is 19.5. The molecule has 2 aliphatic rings. The van der Waals surface area contributed by atoms with Crippen LogP contribution in [0.1, 0.15) is 97.1 Å². The van der Waals surface area contributed by atoms with Crippen LogP contribution in [0.2, 0.25) is 0 Å². The highest BCUT2D eigenvalue weighted by atomic mass is 19.4. The minimum Gasteiger partial charge on any atom is -0.312 e. The van der Waals surface area contributed by atoms with Crippen molar-refractivity contribution in [3.05, 3.63) is 57.8 Å². The number of carbonyl (C=O) groups is 1. The number of nitrogens with one attached hydrogen (secondary N) is 2. The van der Waals surface area contributed by atoms with Crippen molar-refractivity contribution in [3.63, 3.8) is 0 Å². The van der Waals surface area contributed by atoms with Crippen molar-refractivity contribution < 1.29 is 18.0 Å². The molecule has 1 aliphatic carbocycles. The molecule has 8 heteroatoms. The number of alkyl halides is 3. The molecule has 2 aromatic rings. The van der Waals surface area contributed by atoms with Gasteiger partial charge in [-0.1, -0.05) is 33.1 Å². The van der Waals surface area contributed by atoms with E-state index in [0.717, 1.165) is 56.3 Å². The molecule has 200 valence electrons. The third kappa shape index (κ3) is 6.58. The van der Waals surface area contributed by atoms with Crippen LogP contribution in [0, 0.1) is 11.3 Å². The zero-order valence-corrected chi connectivity index (χ0v) is 21.8. The molecule has 0 spiro atoms. The average Bonchev–Trinajstić information content (AvgIpc) is 3.14. The van der Waals surface area contributed by atoms with Crippen molar-refractivity contribution in [3.8, 4) is 0 Å². The van der Waals surface area contributed by atoms with E-state index in [4.69, 9.17) is 5.41 Å². The van der Waals surface area contributed by atoms with Crippen molar-refractivity contribution in [1.82, 2.24) is 10.3 Å². The molecule has 2 N–H and O–H groups in total. The summed E-state index contributed by atoms with van der Waals surface area (Å²) in [6.45, 7) is 5.03. The first-order chi connectivity index (χ1) is 17.7. The predicted molar refractivity (Wildman–Crippen MR) is 140 cm³/mol. The highest BCUT2D eigenvalue weighted by molar-refractivity contribution is 6.10. The molecule has 0 bridgehead atoms. The molecular weight excluding hydrogens is 477 g/mol. The van der Waals surface area contributed by atoms with Crippen LogP contribution in [-0.2, 0) is 32.1 Å². The molecule has 1 fully saturated rings. The van der Waals surface area contributed by atoms with E-state index in [9.17, 15) is 18.0 Å². The molecule has 0 saturated heterocycles. The van der Waals surface area contributed by atoms with Gasteiger partial charge in [-0.25, -0.2) is 4.98 Å². The van der Waals surface area contributed by atoms with Crippen LogP contribution in [0.25, 0.3) is 0 Å². The average molecular weight is 515 g/mol. The van der Waals surface area contributed by atoms with Crippen LogP contribution in [0.4, 0.5) is 19.0 Å². The predicted octanol–water partition coefficient (Wildman–Crippen LogP) is 6.86. The van der Waals surface area contributed by atoms with Crippen LogP contribution in [0.3, 0.4) is 0 Å². The SMILES string of the molecule is CCCCc1cc(CC(=N)CCC)cc(N2Cc3c(cc(CNCC4CCC4)cc3C(F)(F)F)C2=O)n1. The van der Waals surface area contributed by atoms with Crippen molar-refractivity contribution >= 4 is 17.4 Å². The van der Waals surface area contributed by atoms with Crippen LogP contribution >= 0.6 is 0 Å². The van der Waals surface area contributed by atoms with Gasteiger partial charge in [0.2, 0.25) is 0 Å². The largest absolute Gasteiger partial charge is 0.416 e. The molecule has 1 aromatic heterocycles. The van der Waals surface area contributed by atoms with Crippen molar-refractivity contribution in [2.24, 2.45) is 5.92 Å². The maximum absolute atomic E-state index is 14.1. The number of rotatable bonds is 12. The fraction of sp³-hybridized carbons (Fsp3) is 0.552. The van der Waals surface area contributed by atoms with E-state index in [0.29, 0.717) is 42.4 Å².